The first-order chi connectivity index (χ1) is 12.0. The number of carbonyl (C=O) groups excluding carboxylic acids is 1. The molecule has 0 amide bonds. The van der Waals surface area contributed by atoms with E-state index in [1.165, 1.54) is 6.08 Å². The molecule has 0 rings (SSSR count). The van der Waals surface area contributed by atoms with Gasteiger partial charge in [0.2, 0.25) is 11.4 Å². The van der Waals surface area contributed by atoms with Crippen LogP contribution in [0, 0.1) is 20.2 Å². The number of carbonyl (C=O) groups is 1. The lowest BCUT2D eigenvalue weighted by atomic mass is 10.1. The van der Waals surface area contributed by atoms with Gasteiger partial charge in [-0.05, 0) is 44.3 Å². The Hall–Kier alpha value is -2.31. The van der Waals surface area contributed by atoms with Gasteiger partial charge in [-0.1, -0.05) is 31.9 Å². The minimum atomic E-state index is -0.495. The molecule has 0 saturated carbocycles. The molecule has 0 bridgehead atoms. The van der Waals surface area contributed by atoms with Crippen molar-refractivity contribution in [2.45, 2.75) is 71.1 Å². The number of allylic oxidation sites excluding steroid dienone is 4. The van der Waals surface area contributed by atoms with Crippen LogP contribution in [0.25, 0.3) is 0 Å². The largest absolute Gasteiger partial charge is 0.303 e. The van der Waals surface area contributed by atoms with Gasteiger partial charge in [-0.2, -0.15) is 0 Å². The number of unbranched alkanes of at least 4 members (excludes halogenated alkanes) is 6. The molecular formula is C18H28N2O5. The molecule has 0 spiro atoms. The van der Waals surface area contributed by atoms with Crippen LogP contribution in [0.15, 0.2) is 35.7 Å². The first-order valence-electron chi connectivity index (χ1n) is 8.78. The summed E-state index contributed by atoms with van der Waals surface area (Å²) < 4.78 is 0. The van der Waals surface area contributed by atoms with E-state index in [2.05, 4.69) is 6.92 Å². The lowest BCUT2D eigenvalue weighted by molar-refractivity contribution is -0.431. The molecular weight excluding hydrogens is 324 g/mol. The Labute approximate surface area is 148 Å². The maximum absolute atomic E-state index is 11.1. The van der Waals surface area contributed by atoms with Crippen LogP contribution in [0.2, 0.25) is 0 Å². The Morgan fingerprint density at radius 1 is 0.800 bits per heavy atom. The van der Waals surface area contributed by atoms with E-state index >= 15 is 0 Å². The van der Waals surface area contributed by atoms with Gasteiger partial charge < -0.3 is 4.79 Å². The van der Waals surface area contributed by atoms with Gasteiger partial charge in [-0.25, -0.2) is 0 Å². The lowest BCUT2D eigenvalue weighted by Gasteiger charge is -1.98. The van der Waals surface area contributed by atoms with E-state index in [4.69, 9.17) is 0 Å². The van der Waals surface area contributed by atoms with Crippen molar-refractivity contribution in [1.29, 1.82) is 0 Å². The minimum Gasteiger partial charge on any atom is -0.303 e. The number of nitrogens with zero attached hydrogens (tertiary/aromatic N) is 2. The molecule has 0 fully saturated rings. The summed E-state index contributed by atoms with van der Waals surface area (Å²) in [7, 11) is 0. The third-order valence-corrected chi connectivity index (χ3v) is 3.64. The molecule has 7 nitrogen and oxygen atoms in total. The first kappa shape index (κ1) is 22.7. The van der Waals surface area contributed by atoms with Gasteiger partial charge in [0, 0.05) is 6.42 Å². The molecule has 0 N–H and O–H groups in total. The quantitative estimate of drug-likeness (QED) is 0.136. The third-order valence-electron chi connectivity index (χ3n) is 3.64. The van der Waals surface area contributed by atoms with Crippen LogP contribution in [0.4, 0.5) is 0 Å². The van der Waals surface area contributed by atoms with Gasteiger partial charge in [0.05, 0.1) is 22.7 Å². The summed E-state index contributed by atoms with van der Waals surface area (Å²) in [6, 6.07) is 0. The number of rotatable bonds is 15. The van der Waals surface area contributed by atoms with Crippen LogP contribution >= 0.6 is 0 Å². The first-order valence-corrected chi connectivity index (χ1v) is 8.78. The molecule has 0 unspecified atom stereocenters. The fourth-order valence-corrected chi connectivity index (χ4v) is 2.16. The highest BCUT2D eigenvalue weighted by Gasteiger charge is 2.13. The highest BCUT2D eigenvalue weighted by Crippen LogP contribution is 2.13. The average molecular weight is 352 g/mol. The van der Waals surface area contributed by atoms with Crippen molar-refractivity contribution in [3.05, 3.63) is 55.9 Å². The third kappa shape index (κ3) is 12.7. The lowest BCUT2D eigenvalue weighted by Crippen LogP contribution is -2.01. The van der Waals surface area contributed by atoms with Crippen LogP contribution in [0.1, 0.15) is 71.1 Å². The zero-order valence-corrected chi connectivity index (χ0v) is 14.9. The van der Waals surface area contributed by atoms with E-state index in [9.17, 15) is 25.0 Å². The van der Waals surface area contributed by atoms with Crippen molar-refractivity contribution in [2.75, 3.05) is 0 Å². The summed E-state index contributed by atoms with van der Waals surface area (Å²) in [4.78, 5) is 31.3. The summed E-state index contributed by atoms with van der Waals surface area (Å²) in [6.45, 7) is 2.06. The summed E-state index contributed by atoms with van der Waals surface area (Å²) in [6.07, 6.45) is 13.9. The SMILES string of the molecule is CCCCC/C=C(/C/C=C(/C/C=C/CCCCC=O)[N+](=O)[O-])[N+](=O)[O-]. The highest BCUT2D eigenvalue weighted by molar-refractivity contribution is 5.48. The molecule has 0 aliphatic carbocycles. The second kappa shape index (κ2) is 15.2. The van der Waals surface area contributed by atoms with E-state index in [0.717, 1.165) is 44.8 Å². The Balaban J connectivity index is 4.56. The highest BCUT2D eigenvalue weighted by atomic mass is 16.6. The van der Waals surface area contributed by atoms with Crippen LogP contribution < -0.4 is 0 Å². The van der Waals surface area contributed by atoms with Gasteiger partial charge in [-0.15, -0.1) is 0 Å². The Morgan fingerprint density at radius 3 is 2.00 bits per heavy atom. The van der Waals surface area contributed by atoms with Crippen LogP contribution in [-0.2, 0) is 4.79 Å². The van der Waals surface area contributed by atoms with Crippen molar-refractivity contribution in [2.24, 2.45) is 0 Å². The number of nitro groups is 2. The van der Waals surface area contributed by atoms with Crippen molar-refractivity contribution >= 4 is 6.29 Å². The van der Waals surface area contributed by atoms with E-state index < -0.39 is 9.85 Å². The van der Waals surface area contributed by atoms with Gasteiger partial charge in [0.1, 0.15) is 6.29 Å². The minimum absolute atomic E-state index is 0.00768. The predicted octanol–water partition coefficient (Wildman–Crippen LogP) is 4.98. The smallest absolute Gasteiger partial charge is 0.246 e. The Bertz CT molecular complexity index is 510. The topological polar surface area (TPSA) is 103 Å². The molecule has 0 aromatic carbocycles. The molecule has 0 aromatic heterocycles. The van der Waals surface area contributed by atoms with E-state index in [1.54, 1.807) is 12.2 Å². The van der Waals surface area contributed by atoms with Gasteiger partial charge in [0.15, 0.2) is 0 Å². The maximum Gasteiger partial charge on any atom is 0.246 e. The van der Waals surface area contributed by atoms with Crippen molar-refractivity contribution in [3.8, 4) is 0 Å². The van der Waals surface area contributed by atoms with E-state index in [-0.39, 0.29) is 24.2 Å². The standard InChI is InChI=1S/C18H28N2O5/c1-2-3-4-9-12-17(19(22)23)14-15-18(20(24)25)13-10-7-5-6-8-11-16-21/h7,10,12,15-16H,2-6,8-9,11,13-14H2,1H3/b10-7+,17-12-,18-15-. The second-order valence-electron chi connectivity index (χ2n) is 5.73. The molecule has 0 atom stereocenters. The van der Waals surface area contributed by atoms with Crippen LogP contribution in [0.3, 0.4) is 0 Å². The Kier molecular flexibility index (Phi) is 13.8. The fourth-order valence-electron chi connectivity index (χ4n) is 2.16. The Morgan fingerprint density at radius 2 is 1.40 bits per heavy atom. The van der Waals surface area contributed by atoms with Crippen LogP contribution in [0.5, 0.6) is 0 Å². The number of aldehydes is 1. The average Bonchev–Trinajstić information content (AvgIpc) is 2.57. The van der Waals surface area contributed by atoms with Crippen LogP contribution in [-0.4, -0.2) is 16.1 Å². The molecule has 7 heteroatoms. The summed E-state index contributed by atoms with van der Waals surface area (Å²) in [5.41, 5.74) is -0.0289. The number of hydrogen-bond acceptors (Lipinski definition) is 5. The molecule has 0 radical (unpaired) electrons. The van der Waals surface area contributed by atoms with Gasteiger partial charge >= 0.3 is 0 Å². The monoisotopic (exact) mass is 352 g/mol. The molecule has 25 heavy (non-hydrogen) atoms. The maximum atomic E-state index is 11.1. The van der Waals surface area contributed by atoms with Crippen molar-refractivity contribution < 1.29 is 14.6 Å². The van der Waals surface area contributed by atoms with Crippen molar-refractivity contribution in [1.82, 2.24) is 0 Å². The molecule has 140 valence electrons. The molecule has 0 aliphatic heterocycles. The molecule has 0 saturated heterocycles. The summed E-state index contributed by atoms with van der Waals surface area (Å²) in [5, 5.41) is 22.1. The molecule has 0 aliphatic rings. The van der Waals surface area contributed by atoms with Gasteiger partial charge in [-0.3, -0.25) is 20.2 Å². The van der Waals surface area contributed by atoms with E-state index in [1.807, 2.05) is 6.08 Å². The van der Waals surface area contributed by atoms with E-state index in [0.29, 0.717) is 12.8 Å². The zero-order chi connectivity index (χ0) is 18.9. The zero-order valence-electron chi connectivity index (χ0n) is 14.9. The fraction of sp³-hybridized carbons (Fsp3) is 0.611. The summed E-state index contributed by atoms with van der Waals surface area (Å²) in [5.74, 6) is 0. The summed E-state index contributed by atoms with van der Waals surface area (Å²) >= 11 is 0. The number of hydrogen-bond donors (Lipinski definition) is 0. The second-order valence-corrected chi connectivity index (χ2v) is 5.73. The van der Waals surface area contributed by atoms with Crippen molar-refractivity contribution in [3.63, 3.8) is 0 Å². The predicted molar refractivity (Wildman–Crippen MR) is 97.2 cm³/mol. The molecule has 0 aromatic rings. The van der Waals surface area contributed by atoms with Gasteiger partial charge in [0.25, 0.3) is 0 Å². The normalized spacial score (nSPS) is 12.5. The molecule has 0 heterocycles.